The minimum atomic E-state index is -0.168. The molecule has 0 bridgehead atoms. The normalized spacial score (nSPS) is 21.6. The molecule has 3 N–H and O–H groups in total. The van der Waals surface area contributed by atoms with Crippen LogP contribution in [0.1, 0.15) is 204 Å². The number of amides is 3. The second-order valence-electron chi connectivity index (χ2n) is 14.5. The molecule has 3 fully saturated rings. The van der Waals surface area contributed by atoms with Gasteiger partial charge < -0.3 is 16.0 Å². The summed E-state index contributed by atoms with van der Waals surface area (Å²) in [6, 6.07) is 5.55. The zero-order valence-electron chi connectivity index (χ0n) is 28.3. The first-order chi connectivity index (χ1) is 22.1. The van der Waals surface area contributed by atoms with E-state index in [9.17, 15) is 14.4 Å². The lowest BCUT2D eigenvalue weighted by Gasteiger charge is -2.22. The Balaban J connectivity index is 1.51. The van der Waals surface area contributed by atoms with Gasteiger partial charge in [-0.15, -0.1) is 0 Å². The van der Waals surface area contributed by atoms with Crippen LogP contribution in [0.2, 0.25) is 0 Å². The molecule has 0 radical (unpaired) electrons. The highest BCUT2D eigenvalue weighted by Gasteiger charge is 2.22. The Labute approximate surface area is 274 Å². The van der Waals surface area contributed by atoms with Gasteiger partial charge in [0, 0.05) is 34.8 Å². The van der Waals surface area contributed by atoms with E-state index in [-0.39, 0.29) is 35.8 Å². The predicted molar refractivity (Wildman–Crippen MR) is 185 cm³/mol. The Morgan fingerprint density at radius 2 is 0.511 bits per heavy atom. The van der Waals surface area contributed by atoms with Gasteiger partial charge in [-0.1, -0.05) is 135 Å². The van der Waals surface area contributed by atoms with Crippen LogP contribution in [-0.4, -0.2) is 35.8 Å². The Hall–Kier alpha value is -2.37. The summed E-state index contributed by atoms with van der Waals surface area (Å²) in [6.45, 7) is 0. The molecule has 1 aromatic rings. The van der Waals surface area contributed by atoms with Crippen molar-refractivity contribution in [2.45, 2.75) is 191 Å². The molecule has 3 aliphatic carbocycles. The number of hydrogen-bond acceptors (Lipinski definition) is 3. The van der Waals surface area contributed by atoms with Crippen LogP contribution in [0.4, 0.5) is 0 Å². The molecular weight excluding hydrogens is 558 g/mol. The summed E-state index contributed by atoms with van der Waals surface area (Å²) in [6.07, 6.45) is 31.6. The van der Waals surface area contributed by atoms with Crippen molar-refractivity contribution in [2.75, 3.05) is 0 Å². The molecule has 0 atom stereocenters. The Morgan fingerprint density at radius 1 is 0.333 bits per heavy atom. The first kappa shape index (κ1) is 35.5. The molecule has 6 heteroatoms. The van der Waals surface area contributed by atoms with Gasteiger partial charge in [0.2, 0.25) is 0 Å². The highest BCUT2D eigenvalue weighted by atomic mass is 16.2. The van der Waals surface area contributed by atoms with Crippen LogP contribution >= 0.6 is 0 Å². The average molecular weight is 622 g/mol. The van der Waals surface area contributed by atoms with E-state index in [4.69, 9.17) is 0 Å². The van der Waals surface area contributed by atoms with Gasteiger partial charge in [0.25, 0.3) is 17.7 Å². The molecule has 0 saturated heterocycles. The van der Waals surface area contributed by atoms with Crippen LogP contribution in [0.25, 0.3) is 0 Å². The van der Waals surface area contributed by atoms with E-state index in [0.29, 0.717) is 16.7 Å². The first-order valence-electron chi connectivity index (χ1n) is 19.2. The summed E-state index contributed by atoms with van der Waals surface area (Å²) in [7, 11) is 0. The lowest BCUT2D eigenvalue weighted by molar-refractivity contribution is 0.0930. The lowest BCUT2D eigenvalue weighted by Crippen LogP contribution is -2.38. The van der Waals surface area contributed by atoms with Gasteiger partial charge in [0.05, 0.1) is 0 Å². The van der Waals surface area contributed by atoms with Crippen molar-refractivity contribution in [3.63, 3.8) is 0 Å². The largest absolute Gasteiger partial charge is 0.349 e. The summed E-state index contributed by atoms with van der Waals surface area (Å²) < 4.78 is 0. The topological polar surface area (TPSA) is 87.3 Å². The minimum Gasteiger partial charge on any atom is -0.349 e. The molecule has 6 nitrogen and oxygen atoms in total. The van der Waals surface area contributed by atoms with Crippen LogP contribution in [-0.2, 0) is 0 Å². The maximum atomic E-state index is 13.7. The number of benzene rings is 1. The number of carbonyl (C=O) groups is 3. The Bertz CT molecular complexity index is 870. The highest BCUT2D eigenvalue weighted by molar-refractivity contribution is 6.04. The van der Waals surface area contributed by atoms with Gasteiger partial charge >= 0.3 is 0 Å². The number of carbonyl (C=O) groups excluding carboxylic acids is 3. The van der Waals surface area contributed by atoms with Crippen molar-refractivity contribution in [3.8, 4) is 0 Å². The van der Waals surface area contributed by atoms with Crippen LogP contribution < -0.4 is 16.0 Å². The molecule has 0 aromatic heterocycles. The molecule has 4 rings (SSSR count). The first-order valence-corrected chi connectivity index (χ1v) is 19.2. The van der Waals surface area contributed by atoms with Gasteiger partial charge in [-0.05, 0) is 56.7 Å². The number of nitrogens with one attached hydrogen (secondary N) is 3. The summed E-state index contributed by atoms with van der Waals surface area (Å²) in [5, 5.41) is 9.90. The SMILES string of the molecule is O=C(NC1CCCCCCCCC1)c1cc(C(=O)NC2CCCCCCCCC2)cc(C(=O)NC2CCCCCCCCC2)c1. The third-order valence-corrected chi connectivity index (χ3v) is 10.5. The monoisotopic (exact) mass is 621 g/mol. The molecule has 0 spiro atoms. The molecular formula is C39H63N3O3. The maximum absolute atomic E-state index is 13.7. The van der Waals surface area contributed by atoms with Crippen molar-refractivity contribution >= 4 is 17.7 Å². The van der Waals surface area contributed by atoms with Gasteiger partial charge in [0.15, 0.2) is 0 Å². The smallest absolute Gasteiger partial charge is 0.251 e. The van der Waals surface area contributed by atoms with Crippen molar-refractivity contribution in [1.29, 1.82) is 0 Å². The second-order valence-corrected chi connectivity index (χ2v) is 14.5. The van der Waals surface area contributed by atoms with Gasteiger partial charge in [-0.2, -0.15) is 0 Å². The lowest BCUT2D eigenvalue weighted by atomic mass is 9.96. The standard InChI is InChI=1S/C39H63N3O3/c43-37(40-34-22-16-10-4-1-5-11-17-23-34)31-28-32(38(44)41-35-24-18-12-6-2-7-13-19-25-35)30-33(29-31)39(45)42-36-26-20-14-8-3-9-15-21-27-36/h28-30,34-36H,1-27H2,(H,40,43)(H,41,44)(H,42,45). The Morgan fingerprint density at radius 3 is 0.711 bits per heavy atom. The van der Waals surface area contributed by atoms with Crippen molar-refractivity contribution < 1.29 is 14.4 Å². The summed E-state index contributed by atoms with van der Waals surface area (Å²) in [4.78, 5) is 41.2. The van der Waals surface area contributed by atoms with Crippen molar-refractivity contribution in [1.82, 2.24) is 16.0 Å². The highest BCUT2D eigenvalue weighted by Crippen LogP contribution is 2.22. The van der Waals surface area contributed by atoms with E-state index in [2.05, 4.69) is 16.0 Å². The third kappa shape index (κ3) is 13.5. The minimum absolute atomic E-state index is 0.135. The van der Waals surface area contributed by atoms with Crippen molar-refractivity contribution in [3.05, 3.63) is 34.9 Å². The van der Waals surface area contributed by atoms with E-state index in [0.717, 1.165) is 77.0 Å². The molecule has 0 unspecified atom stereocenters. The van der Waals surface area contributed by atoms with Crippen LogP contribution in [0.3, 0.4) is 0 Å². The molecule has 252 valence electrons. The average Bonchev–Trinajstić information content (AvgIpc) is 3.06. The number of hydrogen-bond donors (Lipinski definition) is 3. The van der Waals surface area contributed by atoms with E-state index in [1.54, 1.807) is 18.2 Å². The van der Waals surface area contributed by atoms with Crippen LogP contribution in [0.15, 0.2) is 18.2 Å². The van der Waals surface area contributed by atoms with Crippen LogP contribution in [0.5, 0.6) is 0 Å². The van der Waals surface area contributed by atoms with Crippen molar-refractivity contribution in [2.24, 2.45) is 0 Å². The molecule has 3 amide bonds. The molecule has 45 heavy (non-hydrogen) atoms. The number of rotatable bonds is 6. The van der Waals surface area contributed by atoms with Crippen LogP contribution in [0, 0.1) is 0 Å². The van der Waals surface area contributed by atoms with E-state index in [1.807, 2.05) is 0 Å². The van der Waals surface area contributed by atoms with Gasteiger partial charge in [0.1, 0.15) is 0 Å². The summed E-state index contributed by atoms with van der Waals surface area (Å²) in [5.41, 5.74) is 1.26. The Kier molecular flexibility index (Phi) is 16.3. The third-order valence-electron chi connectivity index (χ3n) is 10.5. The molecule has 3 aliphatic rings. The maximum Gasteiger partial charge on any atom is 0.251 e. The fraction of sp³-hybridized carbons (Fsp3) is 0.769. The summed E-state index contributed by atoms with van der Waals surface area (Å²) in [5.74, 6) is -0.505. The quantitative estimate of drug-likeness (QED) is 0.296. The summed E-state index contributed by atoms with van der Waals surface area (Å²) >= 11 is 0. The fourth-order valence-corrected chi connectivity index (χ4v) is 7.69. The van der Waals surface area contributed by atoms with Gasteiger partial charge in [-0.3, -0.25) is 14.4 Å². The zero-order chi connectivity index (χ0) is 31.5. The molecule has 1 aromatic carbocycles. The zero-order valence-corrected chi connectivity index (χ0v) is 28.3. The van der Waals surface area contributed by atoms with Gasteiger partial charge in [-0.25, -0.2) is 0 Å². The predicted octanol–water partition coefficient (Wildman–Crippen LogP) is 9.56. The fourth-order valence-electron chi connectivity index (χ4n) is 7.69. The van der Waals surface area contributed by atoms with E-state index < -0.39 is 0 Å². The molecule has 0 heterocycles. The van der Waals surface area contributed by atoms with E-state index in [1.165, 1.54) is 96.3 Å². The van der Waals surface area contributed by atoms with E-state index >= 15 is 0 Å². The molecule has 3 saturated carbocycles. The molecule has 0 aliphatic heterocycles. The second kappa shape index (κ2) is 20.7.